The third kappa shape index (κ3) is 3.45. The first-order valence-corrected chi connectivity index (χ1v) is 6.29. The van der Waals surface area contributed by atoms with Gasteiger partial charge >= 0.3 is 0 Å². The first kappa shape index (κ1) is 14.3. The molecule has 0 saturated heterocycles. The lowest BCUT2D eigenvalue weighted by atomic mass is 10.1. The van der Waals surface area contributed by atoms with Crippen molar-refractivity contribution in [2.45, 2.75) is 0 Å². The summed E-state index contributed by atoms with van der Waals surface area (Å²) >= 11 is 5.82. The van der Waals surface area contributed by atoms with Gasteiger partial charge in [-0.2, -0.15) is 0 Å². The molecule has 0 fully saturated rings. The van der Waals surface area contributed by atoms with Gasteiger partial charge in [-0.3, -0.25) is 4.79 Å². The maximum atomic E-state index is 13.5. The van der Waals surface area contributed by atoms with Crippen molar-refractivity contribution in [3.05, 3.63) is 70.5 Å². The molecule has 2 aromatic carbocycles. The Morgan fingerprint density at radius 1 is 1.25 bits per heavy atom. The van der Waals surface area contributed by atoms with Crippen LogP contribution in [0.4, 0.5) is 4.39 Å². The smallest absolute Gasteiger partial charge is 0.185 e. The Hall–Kier alpha value is -2.13. The SMILES string of the molecule is COc1ccc(/C=C/C(=O)c2cccc(Cl)c2)cc1F. The average molecular weight is 291 g/mol. The van der Waals surface area contributed by atoms with Crippen LogP contribution in [0.15, 0.2) is 48.5 Å². The van der Waals surface area contributed by atoms with E-state index in [9.17, 15) is 9.18 Å². The molecule has 0 saturated carbocycles. The maximum Gasteiger partial charge on any atom is 0.185 e. The lowest BCUT2D eigenvalue weighted by Gasteiger charge is -2.02. The summed E-state index contributed by atoms with van der Waals surface area (Å²) in [5.41, 5.74) is 1.07. The minimum Gasteiger partial charge on any atom is -0.494 e. The second kappa shape index (κ2) is 6.35. The van der Waals surface area contributed by atoms with Crippen LogP contribution >= 0.6 is 11.6 Å². The molecule has 0 aromatic heterocycles. The van der Waals surface area contributed by atoms with Gasteiger partial charge in [-0.25, -0.2) is 4.39 Å². The van der Waals surface area contributed by atoms with Gasteiger partial charge in [0, 0.05) is 10.6 Å². The molecule has 0 bridgehead atoms. The van der Waals surface area contributed by atoms with Gasteiger partial charge in [0.2, 0.25) is 0 Å². The van der Waals surface area contributed by atoms with E-state index in [1.165, 1.54) is 25.3 Å². The number of methoxy groups -OCH3 is 1. The number of ketones is 1. The van der Waals surface area contributed by atoms with E-state index < -0.39 is 5.82 Å². The van der Waals surface area contributed by atoms with Gasteiger partial charge in [0.1, 0.15) is 0 Å². The molecule has 0 amide bonds. The highest BCUT2D eigenvalue weighted by atomic mass is 35.5. The molecule has 0 radical (unpaired) electrons. The summed E-state index contributed by atoms with van der Waals surface area (Å²) in [6, 6.07) is 11.1. The van der Waals surface area contributed by atoms with Gasteiger partial charge in [0.15, 0.2) is 17.3 Å². The molecule has 0 N–H and O–H groups in total. The van der Waals surface area contributed by atoms with E-state index >= 15 is 0 Å². The number of halogens is 2. The van der Waals surface area contributed by atoms with Gasteiger partial charge in [-0.15, -0.1) is 0 Å². The fraction of sp³-hybridized carbons (Fsp3) is 0.0625. The topological polar surface area (TPSA) is 26.3 Å². The molecule has 0 unspecified atom stereocenters. The van der Waals surface area contributed by atoms with Crippen molar-refractivity contribution in [2.75, 3.05) is 7.11 Å². The van der Waals surface area contributed by atoms with Crippen LogP contribution in [0.25, 0.3) is 6.08 Å². The number of hydrogen-bond acceptors (Lipinski definition) is 2. The van der Waals surface area contributed by atoms with Crippen LogP contribution in [0.5, 0.6) is 5.75 Å². The number of rotatable bonds is 4. The molecule has 2 rings (SSSR count). The summed E-state index contributed by atoms with van der Waals surface area (Å²) in [5, 5.41) is 0.500. The van der Waals surface area contributed by atoms with Gasteiger partial charge in [0.25, 0.3) is 0 Å². The summed E-state index contributed by atoms with van der Waals surface area (Å²) in [5.74, 6) is -0.489. The highest BCUT2D eigenvalue weighted by molar-refractivity contribution is 6.31. The van der Waals surface area contributed by atoms with Crippen molar-refractivity contribution < 1.29 is 13.9 Å². The fourth-order valence-corrected chi connectivity index (χ4v) is 1.89. The Bertz CT molecular complexity index is 665. The van der Waals surface area contributed by atoms with Crippen LogP contribution in [-0.2, 0) is 0 Å². The van der Waals surface area contributed by atoms with Crippen LogP contribution in [0.2, 0.25) is 5.02 Å². The molecule has 0 aliphatic rings. The van der Waals surface area contributed by atoms with Crippen molar-refractivity contribution >= 4 is 23.5 Å². The summed E-state index contributed by atoms with van der Waals surface area (Å²) in [6.07, 6.45) is 2.93. The highest BCUT2D eigenvalue weighted by Crippen LogP contribution is 2.19. The van der Waals surface area contributed by atoms with E-state index in [0.29, 0.717) is 16.1 Å². The average Bonchev–Trinajstić information content (AvgIpc) is 2.45. The number of ether oxygens (including phenoxy) is 1. The number of carbonyl (C=O) groups is 1. The van der Waals surface area contributed by atoms with Crippen molar-refractivity contribution in [1.82, 2.24) is 0 Å². The minimum atomic E-state index is -0.468. The van der Waals surface area contributed by atoms with Crippen LogP contribution in [0, 0.1) is 5.82 Å². The maximum absolute atomic E-state index is 13.5. The quantitative estimate of drug-likeness (QED) is 0.617. The Morgan fingerprint density at radius 3 is 2.70 bits per heavy atom. The molecular formula is C16H12ClFO2. The third-order valence-electron chi connectivity index (χ3n) is 2.71. The largest absolute Gasteiger partial charge is 0.494 e. The number of hydrogen-bond donors (Lipinski definition) is 0. The summed E-state index contributed by atoms with van der Waals surface area (Å²) < 4.78 is 18.3. The first-order valence-electron chi connectivity index (χ1n) is 5.91. The molecule has 102 valence electrons. The highest BCUT2D eigenvalue weighted by Gasteiger charge is 2.04. The second-order valence-electron chi connectivity index (χ2n) is 4.10. The van der Waals surface area contributed by atoms with Crippen molar-refractivity contribution in [2.24, 2.45) is 0 Å². The zero-order chi connectivity index (χ0) is 14.5. The van der Waals surface area contributed by atoms with Crippen LogP contribution in [0.3, 0.4) is 0 Å². The monoisotopic (exact) mass is 290 g/mol. The molecule has 0 spiro atoms. The number of allylic oxidation sites excluding steroid dienone is 1. The van der Waals surface area contributed by atoms with Gasteiger partial charge < -0.3 is 4.74 Å². The lowest BCUT2D eigenvalue weighted by Crippen LogP contribution is -1.93. The van der Waals surface area contributed by atoms with E-state index in [0.717, 1.165) is 0 Å². The van der Waals surface area contributed by atoms with Crippen molar-refractivity contribution in [3.8, 4) is 5.75 Å². The van der Waals surface area contributed by atoms with Gasteiger partial charge in [-0.1, -0.05) is 35.9 Å². The van der Waals surface area contributed by atoms with E-state index in [1.807, 2.05) is 0 Å². The summed E-state index contributed by atoms with van der Waals surface area (Å²) in [4.78, 5) is 11.9. The molecule has 2 aromatic rings. The van der Waals surface area contributed by atoms with Crippen LogP contribution in [-0.4, -0.2) is 12.9 Å². The van der Waals surface area contributed by atoms with Crippen LogP contribution in [0.1, 0.15) is 15.9 Å². The van der Waals surface area contributed by atoms with E-state index in [2.05, 4.69) is 0 Å². The van der Waals surface area contributed by atoms with E-state index in [4.69, 9.17) is 16.3 Å². The zero-order valence-corrected chi connectivity index (χ0v) is 11.5. The van der Waals surface area contributed by atoms with Crippen molar-refractivity contribution in [3.63, 3.8) is 0 Å². The molecule has 2 nitrogen and oxygen atoms in total. The second-order valence-corrected chi connectivity index (χ2v) is 4.54. The van der Waals surface area contributed by atoms with Gasteiger partial charge in [0.05, 0.1) is 7.11 Å². The molecular weight excluding hydrogens is 279 g/mol. The van der Waals surface area contributed by atoms with Crippen molar-refractivity contribution in [1.29, 1.82) is 0 Å². The Labute approximate surface area is 121 Å². The Morgan fingerprint density at radius 2 is 2.05 bits per heavy atom. The first-order chi connectivity index (χ1) is 9.60. The normalized spacial score (nSPS) is 10.8. The van der Waals surface area contributed by atoms with Gasteiger partial charge in [-0.05, 0) is 35.9 Å². The molecule has 0 heterocycles. The third-order valence-corrected chi connectivity index (χ3v) is 2.95. The number of benzene rings is 2. The molecule has 20 heavy (non-hydrogen) atoms. The lowest BCUT2D eigenvalue weighted by molar-refractivity contribution is 0.104. The standard InChI is InChI=1S/C16H12ClFO2/c1-20-16-8-6-11(9-14(16)18)5-7-15(19)12-3-2-4-13(17)10-12/h2-10H,1H3/b7-5+. The molecule has 0 aliphatic carbocycles. The predicted octanol–water partition coefficient (Wildman–Crippen LogP) is 4.38. The van der Waals surface area contributed by atoms with Crippen LogP contribution < -0.4 is 4.74 Å². The summed E-state index contributed by atoms with van der Waals surface area (Å²) in [6.45, 7) is 0. The van der Waals surface area contributed by atoms with E-state index in [-0.39, 0.29) is 11.5 Å². The number of carbonyl (C=O) groups excluding carboxylic acids is 1. The fourth-order valence-electron chi connectivity index (χ4n) is 1.70. The molecule has 0 atom stereocenters. The molecule has 4 heteroatoms. The summed E-state index contributed by atoms with van der Waals surface area (Å²) in [7, 11) is 1.40. The zero-order valence-electron chi connectivity index (χ0n) is 10.8. The van der Waals surface area contributed by atoms with E-state index in [1.54, 1.807) is 36.4 Å². The Balaban J connectivity index is 2.17. The minimum absolute atomic E-state index is 0.170. The Kier molecular flexibility index (Phi) is 4.53. The molecule has 0 aliphatic heterocycles. The predicted molar refractivity (Wildman–Crippen MR) is 77.8 cm³/mol.